The maximum absolute atomic E-state index is 13.5. The summed E-state index contributed by atoms with van der Waals surface area (Å²) in [5, 5.41) is 0. The summed E-state index contributed by atoms with van der Waals surface area (Å²) in [6.07, 6.45) is 8.24. The van der Waals surface area contributed by atoms with Crippen LogP contribution in [0.5, 0.6) is 0 Å². The fourth-order valence-corrected chi connectivity index (χ4v) is 4.69. The molecular weight excluding hydrogens is 332 g/mol. The van der Waals surface area contributed by atoms with Crippen LogP contribution >= 0.6 is 0 Å². The monoisotopic (exact) mass is 362 g/mol. The number of rotatable bonds is 4. The normalized spacial score (nSPS) is 17.4. The molecule has 0 N–H and O–H groups in total. The van der Waals surface area contributed by atoms with Crippen LogP contribution in [0.25, 0.3) is 0 Å². The van der Waals surface area contributed by atoms with Crippen molar-refractivity contribution in [1.82, 2.24) is 0 Å². The van der Waals surface area contributed by atoms with Gasteiger partial charge in [-0.25, -0.2) is 0 Å². The van der Waals surface area contributed by atoms with Gasteiger partial charge in [-0.2, -0.15) is 0 Å². The molecule has 0 bridgehead atoms. The van der Waals surface area contributed by atoms with Crippen LogP contribution < -0.4 is 9.80 Å². The van der Waals surface area contributed by atoms with Gasteiger partial charge in [-0.1, -0.05) is 55.2 Å². The molecule has 1 amide bonds. The summed E-state index contributed by atoms with van der Waals surface area (Å²) in [5.74, 6) is 0.238. The molecule has 0 saturated heterocycles. The van der Waals surface area contributed by atoms with Gasteiger partial charge in [0, 0.05) is 24.0 Å². The molecule has 3 nitrogen and oxygen atoms in total. The lowest BCUT2D eigenvalue weighted by Gasteiger charge is -2.37. The molecule has 0 spiro atoms. The van der Waals surface area contributed by atoms with Crippen LogP contribution in [0.2, 0.25) is 0 Å². The quantitative estimate of drug-likeness (QED) is 0.754. The Hall–Kier alpha value is -2.29. The Balaban J connectivity index is 1.57. The Morgan fingerprint density at radius 1 is 1.04 bits per heavy atom. The summed E-state index contributed by atoms with van der Waals surface area (Å²) < 4.78 is 0. The highest BCUT2D eigenvalue weighted by atomic mass is 16.2. The molecule has 0 aromatic heterocycles. The van der Waals surface area contributed by atoms with Crippen LogP contribution in [-0.4, -0.2) is 25.0 Å². The first-order valence-corrected chi connectivity index (χ1v) is 10.4. The third kappa shape index (κ3) is 4.02. The van der Waals surface area contributed by atoms with Gasteiger partial charge in [0.2, 0.25) is 5.91 Å². The van der Waals surface area contributed by atoms with Crippen LogP contribution in [0.3, 0.4) is 0 Å². The van der Waals surface area contributed by atoms with Gasteiger partial charge in [-0.15, -0.1) is 0 Å². The number of aryl methyl sites for hydroxylation is 2. The van der Waals surface area contributed by atoms with Crippen molar-refractivity contribution in [3.8, 4) is 0 Å². The van der Waals surface area contributed by atoms with E-state index < -0.39 is 0 Å². The number of carbonyl (C=O) groups excluding carboxylic acids is 1. The van der Waals surface area contributed by atoms with E-state index in [4.69, 9.17) is 0 Å². The van der Waals surface area contributed by atoms with Crippen LogP contribution in [0.4, 0.5) is 11.4 Å². The second-order valence-electron chi connectivity index (χ2n) is 8.05. The minimum atomic E-state index is 0.238. The third-order valence-electron chi connectivity index (χ3n) is 6.02. The van der Waals surface area contributed by atoms with Crippen LogP contribution in [0.15, 0.2) is 48.5 Å². The summed E-state index contributed by atoms with van der Waals surface area (Å²) in [6, 6.07) is 17.3. The molecule has 0 radical (unpaired) electrons. The van der Waals surface area contributed by atoms with E-state index >= 15 is 0 Å². The summed E-state index contributed by atoms with van der Waals surface area (Å²) >= 11 is 0. The van der Waals surface area contributed by atoms with Crippen molar-refractivity contribution < 1.29 is 4.79 Å². The first-order chi connectivity index (χ1) is 13.2. The Kier molecular flexibility index (Phi) is 5.47. The average Bonchev–Trinajstić information content (AvgIpc) is 2.70. The predicted octanol–water partition coefficient (Wildman–Crippen LogP) is 5.11. The van der Waals surface area contributed by atoms with Crippen molar-refractivity contribution >= 4 is 17.3 Å². The number of anilines is 2. The Morgan fingerprint density at radius 3 is 2.59 bits per heavy atom. The molecule has 3 heteroatoms. The molecule has 27 heavy (non-hydrogen) atoms. The molecule has 1 saturated carbocycles. The minimum absolute atomic E-state index is 0.238. The van der Waals surface area contributed by atoms with E-state index in [9.17, 15) is 4.79 Å². The number of amides is 1. The van der Waals surface area contributed by atoms with Gasteiger partial charge in [0.15, 0.2) is 0 Å². The van der Waals surface area contributed by atoms with Crippen LogP contribution in [0, 0.1) is 6.92 Å². The number of hydrogen-bond donors (Lipinski definition) is 0. The van der Waals surface area contributed by atoms with E-state index in [0.29, 0.717) is 12.6 Å². The Bertz CT molecular complexity index is 780. The molecular formula is C24H30N2O. The fourth-order valence-electron chi connectivity index (χ4n) is 4.69. The standard InChI is InChI=1S/C24H30N2O/c1-19-14-15-23-20(17-19)9-8-16-25(23)18-24(27)26(21-10-4-2-5-11-21)22-12-6-3-7-13-22/h2,4-5,10-11,14-15,17,22H,3,6-9,12-13,16,18H2,1H3. The van der Waals surface area contributed by atoms with Gasteiger partial charge in [0.05, 0.1) is 6.54 Å². The number of benzene rings is 2. The summed E-state index contributed by atoms with van der Waals surface area (Å²) in [6.45, 7) is 3.58. The molecule has 1 fully saturated rings. The van der Waals surface area contributed by atoms with Crippen molar-refractivity contribution in [1.29, 1.82) is 0 Å². The van der Waals surface area contributed by atoms with Gasteiger partial charge in [-0.05, 0) is 56.4 Å². The molecule has 1 heterocycles. The zero-order valence-electron chi connectivity index (χ0n) is 16.4. The van der Waals surface area contributed by atoms with Gasteiger partial charge >= 0.3 is 0 Å². The molecule has 0 unspecified atom stereocenters. The SMILES string of the molecule is Cc1ccc2c(c1)CCCN2CC(=O)N(c1ccccc1)C1CCCCC1. The highest BCUT2D eigenvalue weighted by Gasteiger charge is 2.29. The molecule has 2 aromatic rings. The van der Waals surface area contributed by atoms with Crippen molar-refractivity contribution in [2.75, 3.05) is 22.9 Å². The second kappa shape index (κ2) is 8.16. The van der Waals surface area contributed by atoms with Crippen molar-refractivity contribution in [2.45, 2.75) is 57.9 Å². The Morgan fingerprint density at radius 2 is 1.81 bits per heavy atom. The van der Waals surface area contributed by atoms with E-state index in [-0.39, 0.29) is 5.91 Å². The zero-order valence-corrected chi connectivity index (χ0v) is 16.4. The van der Waals surface area contributed by atoms with E-state index in [2.05, 4.69) is 47.1 Å². The van der Waals surface area contributed by atoms with Gasteiger partial charge in [-0.3, -0.25) is 4.79 Å². The molecule has 1 aliphatic heterocycles. The lowest BCUT2D eigenvalue weighted by Crippen LogP contribution is -2.47. The minimum Gasteiger partial charge on any atom is -0.362 e. The maximum atomic E-state index is 13.5. The summed E-state index contributed by atoms with van der Waals surface area (Å²) in [4.78, 5) is 17.9. The maximum Gasteiger partial charge on any atom is 0.246 e. The highest BCUT2D eigenvalue weighted by molar-refractivity contribution is 5.97. The van der Waals surface area contributed by atoms with Crippen molar-refractivity contribution in [2.24, 2.45) is 0 Å². The molecule has 2 aliphatic rings. The van der Waals surface area contributed by atoms with Gasteiger partial charge in [0.25, 0.3) is 0 Å². The average molecular weight is 363 g/mol. The predicted molar refractivity (Wildman–Crippen MR) is 113 cm³/mol. The highest BCUT2D eigenvalue weighted by Crippen LogP contribution is 2.30. The van der Waals surface area contributed by atoms with Gasteiger partial charge in [0.1, 0.15) is 0 Å². The number of fused-ring (bicyclic) bond motifs is 1. The fraction of sp³-hybridized carbons (Fsp3) is 0.458. The lowest BCUT2D eigenvalue weighted by molar-refractivity contribution is -0.118. The molecule has 4 rings (SSSR count). The summed E-state index contributed by atoms with van der Waals surface area (Å²) in [5.41, 5.74) is 4.99. The smallest absolute Gasteiger partial charge is 0.246 e. The van der Waals surface area contributed by atoms with Crippen molar-refractivity contribution in [3.05, 3.63) is 59.7 Å². The summed E-state index contributed by atoms with van der Waals surface area (Å²) in [7, 11) is 0. The topological polar surface area (TPSA) is 23.6 Å². The second-order valence-corrected chi connectivity index (χ2v) is 8.05. The van der Waals surface area contributed by atoms with Crippen molar-refractivity contribution in [3.63, 3.8) is 0 Å². The van der Waals surface area contributed by atoms with E-state index in [1.165, 1.54) is 36.1 Å². The molecule has 2 aromatic carbocycles. The number of para-hydroxylation sites is 1. The number of hydrogen-bond acceptors (Lipinski definition) is 2. The molecule has 1 aliphatic carbocycles. The third-order valence-corrected chi connectivity index (χ3v) is 6.02. The molecule has 142 valence electrons. The van der Waals surface area contributed by atoms with E-state index in [0.717, 1.165) is 37.9 Å². The van der Waals surface area contributed by atoms with Crippen LogP contribution in [0.1, 0.15) is 49.7 Å². The Labute approximate surface area is 163 Å². The van der Waals surface area contributed by atoms with Gasteiger partial charge < -0.3 is 9.80 Å². The number of carbonyl (C=O) groups is 1. The first kappa shape index (κ1) is 18.1. The molecule has 0 atom stereocenters. The van der Waals surface area contributed by atoms with E-state index in [1.807, 2.05) is 18.2 Å². The number of nitrogens with zero attached hydrogens (tertiary/aromatic N) is 2. The lowest BCUT2D eigenvalue weighted by atomic mass is 9.93. The zero-order chi connectivity index (χ0) is 18.6. The first-order valence-electron chi connectivity index (χ1n) is 10.4. The van der Waals surface area contributed by atoms with Crippen LogP contribution in [-0.2, 0) is 11.2 Å². The largest absolute Gasteiger partial charge is 0.362 e. The van der Waals surface area contributed by atoms with E-state index in [1.54, 1.807) is 0 Å².